The van der Waals surface area contributed by atoms with Gasteiger partial charge in [0.05, 0.1) is 36.4 Å². The first-order valence-electron chi connectivity index (χ1n) is 23.4. The number of hydrogen-bond donors (Lipinski definition) is 5. The number of aromatic hydroxyl groups is 2. The summed E-state index contributed by atoms with van der Waals surface area (Å²) >= 11 is 0. The predicted octanol–water partition coefficient (Wildman–Crippen LogP) is 8.74. The Hall–Kier alpha value is -6.09. The number of nitrogens with zero attached hydrogens (tertiary/aromatic N) is 4. The Morgan fingerprint density at radius 2 is 1.16 bits per heavy atom. The molecule has 0 unspecified atom stereocenters. The highest BCUT2D eigenvalue weighted by Crippen LogP contribution is 2.50. The van der Waals surface area contributed by atoms with Crippen molar-refractivity contribution in [1.29, 1.82) is 10.5 Å². The molecule has 4 aliphatic rings. The van der Waals surface area contributed by atoms with E-state index in [1.54, 1.807) is 13.8 Å². The van der Waals surface area contributed by atoms with Crippen LogP contribution < -0.4 is 9.47 Å². The molecule has 14 heteroatoms. The number of rotatable bonds is 18. The zero-order valence-corrected chi connectivity index (χ0v) is 40.2. The molecule has 0 aromatic heterocycles. The molecule has 0 radical (unpaired) electrons. The van der Waals surface area contributed by atoms with Crippen LogP contribution in [0.3, 0.4) is 0 Å². The maximum absolute atomic E-state index is 14.2. The molecule has 2 aromatic rings. The van der Waals surface area contributed by atoms with E-state index in [0.29, 0.717) is 31.2 Å². The van der Waals surface area contributed by atoms with Crippen molar-refractivity contribution in [2.75, 3.05) is 6.54 Å². The van der Waals surface area contributed by atoms with Crippen molar-refractivity contribution in [3.8, 4) is 35.1 Å². The number of carbonyl (C=O) groups excluding carboxylic acids is 2. The van der Waals surface area contributed by atoms with Crippen molar-refractivity contribution in [3.05, 3.63) is 91.1 Å². The number of carboxylic acid groups (broad SMARTS) is 1. The van der Waals surface area contributed by atoms with Gasteiger partial charge < -0.3 is 44.8 Å². The number of fused-ring (bicyclic) bond motifs is 6. The van der Waals surface area contributed by atoms with Crippen molar-refractivity contribution in [1.82, 2.24) is 9.80 Å². The fraction of sp³-hybridized carbons (Fsp3) is 0.528. The summed E-state index contributed by atoms with van der Waals surface area (Å²) in [6.07, 6.45) is 12.3. The van der Waals surface area contributed by atoms with Gasteiger partial charge in [0.15, 0.2) is 0 Å². The van der Waals surface area contributed by atoms with Crippen LogP contribution in [-0.2, 0) is 30.7 Å². The van der Waals surface area contributed by atoms with Crippen LogP contribution in [0.25, 0.3) is 0 Å². The third kappa shape index (κ3) is 10.3. The van der Waals surface area contributed by atoms with E-state index in [4.69, 9.17) is 9.47 Å². The summed E-state index contributed by atoms with van der Waals surface area (Å²) in [6.45, 7) is 15.7. The van der Waals surface area contributed by atoms with Gasteiger partial charge in [-0.25, -0.2) is 4.79 Å². The highest BCUT2D eigenvalue weighted by atomic mass is 16.5. The number of ether oxygens (including phenoxy) is 2. The number of hydrogen-bond acceptors (Lipinski definition) is 11. The maximum Gasteiger partial charge on any atom is 0.326 e. The summed E-state index contributed by atoms with van der Waals surface area (Å²) in [6, 6.07) is 2.50. The number of nitriles is 2. The van der Waals surface area contributed by atoms with Gasteiger partial charge in [0.1, 0.15) is 63.5 Å². The van der Waals surface area contributed by atoms with Crippen LogP contribution in [0.4, 0.5) is 0 Å². The topological polar surface area (TPSA) is 225 Å². The number of phenolic OH excluding ortho intramolecular Hbond substituents is 2. The van der Waals surface area contributed by atoms with E-state index in [0.717, 1.165) is 30.6 Å². The van der Waals surface area contributed by atoms with Gasteiger partial charge in [0.25, 0.3) is 11.8 Å². The number of phenols is 2. The van der Waals surface area contributed by atoms with Crippen molar-refractivity contribution >= 4 is 17.8 Å². The molecule has 2 amide bonds. The Morgan fingerprint density at radius 3 is 1.60 bits per heavy atom. The lowest BCUT2D eigenvalue weighted by atomic mass is 9.83. The smallest absolute Gasteiger partial charge is 0.326 e. The zero-order chi connectivity index (χ0) is 49.1. The summed E-state index contributed by atoms with van der Waals surface area (Å²) in [5.41, 5.74) is 3.20. The molecular weight excluding hydrogens is 853 g/mol. The number of carbonyl (C=O) groups is 3. The fourth-order valence-corrected chi connectivity index (χ4v) is 9.84. The molecule has 358 valence electrons. The summed E-state index contributed by atoms with van der Waals surface area (Å²) in [4.78, 5) is 43.8. The minimum absolute atomic E-state index is 0.00354. The molecule has 5 N–H and O–H groups in total. The van der Waals surface area contributed by atoms with Crippen molar-refractivity contribution in [2.45, 2.75) is 175 Å². The average molecular weight is 919 g/mol. The first-order chi connectivity index (χ1) is 31.7. The van der Waals surface area contributed by atoms with Crippen molar-refractivity contribution in [2.24, 2.45) is 0 Å². The molecule has 0 fully saturated rings. The van der Waals surface area contributed by atoms with E-state index in [1.165, 1.54) is 27.2 Å². The number of amides is 2. The third-order valence-corrected chi connectivity index (χ3v) is 14.0. The van der Waals surface area contributed by atoms with E-state index in [-0.39, 0.29) is 95.8 Å². The van der Waals surface area contributed by atoms with Crippen LogP contribution in [0, 0.1) is 22.7 Å². The number of allylic oxidation sites excluding steroid dienone is 8. The van der Waals surface area contributed by atoms with Crippen LogP contribution in [0.2, 0.25) is 0 Å². The first kappa shape index (κ1) is 50.3. The Balaban J connectivity index is 1.18. The van der Waals surface area contributed by atoms with Gasteiger partial charge >= 0.3 is 5.97 Å². The largest absolute Gasteiger partial charge is 0.506 e. The van der Waals surface area contributed by atoms with E-state index < -0.39 is 58.7 Å². The Kier molecular flexibility index (Phi) is 15.3. The third-order valence-electron chi connectivity index (χ3n) is 14.0. The van der Waals surface area contributed by atoms with Gasteiger partial charge in [0.2, 0.25) is 0 Å². The summed E-state index contributed by atoms with van der Waals surface area (Å²) in [7, 11) is 0. The molecule has 0 aliphatic carbocycles. The highest BCUT2D eigenvalue weighted by Gasteiger charge is 2.49. The molecule has 67 heavy (non-hydrogen) atoms. The average Bonchev–Trinajstić information content (AvgIpc) is 3.76. The molecule has 5 atom stereocenters. The molecule has 4 heterocycles. The second-order valence-electron chi connectivity index (χ2n) is 19.7. The van der Waals surface area contributed by atoms with Crippen molar-refractivity contribution in [3.63, 3.8) is 0 Å². The Labute approximate surface area is 394 Å². The molecule has 0 bridgehead atoms. The van der Waals surface area contributed by atoms with Crippen molar-refractivity contribution < 1.29 is 49.4 Å². The van der Waals surface area contributed by atoms with Gasteiger partial charge in [0, 0.05) is 41.6 Å². The highest BCUT2D eigenvalue weighted by molar-refractivity contribution is 6.05. The quantitative estimate of drug-likeness (QED) is 0.0885. The normalized spacial score (nSPS) is 22.4. The van der Waals surface area contributed by atoms with E-state index in [1.807, 2.05) is 12.1 Å². The molecule has 2 aromatic carbocycles. The number of aliphatic hydroxyl groups excluding tert-OH is 2. The molecule has 14 nitrogen and oxygen atoms in total. The summed E-state index contributed by atoms with van der Waals surface area (Å²) < 4.78 is 13.0. The minimum Gasteiger partial charge on any atom is -0.506 e. The molecule has 0 spiro atoms. The summed E-state index contributed by atoms with van der Waals surface area (Å²) in [5.74, 6) is -3.08. The lowest BCUT2D eigenvalue weighted by Crippen LogP contribution is -2.49. The lowest BCUT2D eigenvalue weighted by Gasteiger charge is -2.41. The fourth-order valence-electron chi connectivity index (χ4n) is 9.84. The Bertz CT molecular complexity index is 2530. The van der Waals surface area contributed by atoms with E-state index in [9.17, 15) is 50.4 Å². The second kappa shape index (κ2) is 20.4. The number of benzene rings is 2. The van der Waals surface area contributed by atoms with Gasteiger partial charge in [-0.3, -0.25) is 9.59 Å². The molecule has 6 rings (SSSR count). The second-order valence-corrected chi connectivity index (χ2v) is 19.7. The number of aliphatic carboxylic acids is 1. The Morgan fingerprint density at radius 1 is 0.716 bits per heavy atom. The number of aliphatic hydroxyl groups is 2. The molecule has 0 saturated heterocycles. The van der Waals surface area contributed by atoms with Crippen LogP contribution in [-0.4, -0.2) is 89.1 Å². The van der Waals surface area contributed by atoms with E-state index >= 15 is 0 Å². The van der Waals surface area contributed by atoms with Gasteiger partial charge in [-0.15, -0.1) is 0 Å². The van der Waals surface area contributed by atoms with Gasteiger partial charge in [-0.1, -0.05) is 46.6 Å². The predicted molar refractivity (Wildman–Crippen MR) is 252 cm³/mol. The first-order valence-corrected chi connectivity index (χ1v) is 23.4. The lowest BCUT2D eigenvalue weighted by molar-refractivity contribution is -0.142. The van der Waals surface area contributed by atoms with Crippen LogP contribution in [0.5, 0.6) is 23.0 Å². The van der Waals surface area contributed by atoms with Crippen LogP contribution >= 0.6 is 0 Å². The molecule has 4 aliphatic heterocycles. The van der Waals surface area contributed by atoms with Gasteiger partial charge in [-0.2, -0.15) is 10.5 Å². The SMILES string of the molecule is CC(C)=CCC/C(C)=C/CC[C@@]1(C)Oc2c(c(O)c(C#N)c3c2CN(CCC[C@@H](C(=O)O)N2Cc4c5c(c(O)c(C#N)c4C2=O)C[C@H](O)[C@@](C)(CC/C=C(\C)CCC=C(C)C)O5)C3=O)C[C@@H]1O. The maximum atomic E-state index is 14.2. The van der Waals surface area contributed by atoms with Crippen LogP contribution in [0.1, 0.15) is 174 Å². The van der Waals surface area contributed by atoms with Crippen LogP contribution in [0.15, 0.2) is 46.6 Å². The standard InChI is InChI=1S/C53H66N4O10/c1-30(2)14-9-16-32(5)18-11-21-52(7)41(58)24-34-45(60)36(26-54)43-38(47(34)66-52)28-56(49(43)62)23-13-20-40(51(64)65)57-29-39-44(50(57)63)37(27-55)46(61)35-25-42(59)53(8,67-48(35)39)22-12-19-33(6)17-10-15-31(3)4/h14-15,18-19,40-42,58-61H,9-13,16-17,20-25,28-29H2,1-8H3,(H,64,65)/b32-18+,33-19+/t40-,41-,42-,52+,53+/m0/s1. The zero-order valence-electron chi connectivity index (χ0n) is 40.2. The van der Waals surface area contributed by atoms with Gasteiger partial charge in [-0.05, 0) is 120 Å². The molecule has 0 saturated carbocycles. The summed E-state index contributed by atoms with van der Waals surface area (Å²) in [5, 5.41) is 76.2. The van der Waals surface area contributed by atoms with E-state index in [2.05, 4.69) is 65.8 Å². The number of carboxylic acids is 1. The molecular formula is C53H66N4O10. The monoisotopic (exact) mass is 918 g/mol. The minimum atomic E-state index is -1.40.